The molecule has 7 nitrogen and oxygen atoms in total. The Balaban J connectivity index is 2.03. The summed E-state index contributed by atoms with van der Waals surface area (Å²) in [6, 6.07) is 9.95. The molecule has 2 amide bonds. The van der Waals surface area contributed by atoms with Gasteiger partial charge in [0.25, 0.3) is 11.8 Å². The van der Waals surface area contributed by atoms with Gasteiger partial charge in [-0.2, -0.15) is 5.10 Å². The van der Waals surface area contributed by atoms with Crippen molar-refractivity contribution < 1.29 is 14.8 Å². The molecule has 8 heteroatoms. The summed E-state index contributed by atoms with van der Waals surface area (Å²) in [5, 5.41) is 12.5. The maximum atomic E-state index is 12.0. The number of nitrogens with zero attached hydrogens (tertiary/aromatic N) is 2. The van der Waals surface area contributed by atoms with Crippen LogP contribution < -0.4 is 10.9 Å². The number of hydrazone groups is 1. The highest BCUT2D eigenvalue weighted by Crippen LogP contribution is 2.09. The van der Waals surface area contributed by atoms with Gasteiger partial charge in [0.2, 0.25) is 0 Å². The topological polar surface area (TPSA) is 104 Å². The molecule has 0 aliphatic carbocycles. The van der Waals surface area contributed by atoms with E-state index in [2.05, 4.69) is 15.5 Å². The second kappa shape index (κ2) is 8.56. The molecule has 1 aromatic heterocycles. The van der Waals surface area contributed by atoms with Gasteiger partial charge in [-0.25, -0.2) is 15.9 Å². The minimum Gasteiger partial charge on any atom is -0.288 e. The fourth-order valence-corrected chi connectivity index (χ4v) is 1.88. The molecule has 122 valence electrons. The zero-order chi connectivity index (χ0) is 17.4. The van der Waals surface area contributed by atoms with Gasteiger partial charge in [0.05, 0.1) is 6.21 Å². The zero-order valence-corrected chi connectivity index (χ0v) is 13.1. The molecule has 24 heavy (non-hydrogen) atoms. The van der Waals surface area contributed by atoms with Crippen molar-refractivity contribution in [2.75, 3.05) is 0 Å². The van der Waals surface area contributed by atoms with Crippen LogP contribution in [-0.2, 0) is 4.79 Å². The van der Waals surface area contributed by atoms with Gasteiger partial charge in [-0.15, -0.1) is 0 Å². The third-order valence-corrected chi connectivity index (χ3v) is 3.16. The van der Waals surface area contributed by atoms with Crippen LogP contribution in [0.3, 0.4) is 0 Å². The Morgan fingerprint density at radius 3 is 2.83 bits per heavy atom. The van der Waals surface area contributed by atoms with Crippen LogP contribution in [0.4, 0.5) is 0 Å². The molecular weight excluding hydrogens is 332 g/mol. The predicted octanol–water partition coefficient (Wildman–Crippen LogP) is 2.02. The van der Waals surface area contributed by atoms with Crippen LogP contribution in [0.2, 0.25) is 5.15 Å². The highest BCUT2D eigenvalue weighted by Gasteiger charge is 2.04. The molecule has 1 aromatic carbocycles. The van der Waals surface area contributed by atoms with Gasteiger partial charge in [-0.3, -0.25) is 14.8 Å². The lowest BCUT2D eigenvalue weighted by atomic mass is 10.1. The van der Waals surface area contributed by atoms with Crippen LogP contribution in [0.25, 0.3) is 6.08 Å². The van der Waals surface area contributed by atoms with Gasteiger partial charge in [0, 0.05) is 23.4 Å². The normalized spacial score (nSPS) is 10.9. The number of nitrogens with one attached hydrogen (secondary N) is 2. The van der Waals surface area contributed by atoms with Crippen LogP contribution in [0.5, 0.6) is 0 Å². The van der Waals surface area contributed by atoms with Crippen LogP contribution in [-0.4, -0.2) is 28.2 Å². The summed E-state index contributed by atoms with van der Waals surface area (Å²) < 4.78 is 0. The summed E-state index contributed by atoms with van der Waals surface area (Å²) in [4.78, 5) is 26.9. The lowest BCUT2D eigenvalue weighted by Gasteiger charge is -2.01. The number of amides is 2. The van der Waals surface area contributed by atoms with E-state index in [1.165, 1.54) is 17.8 Å². The number of hydroxylamine groups is 1. The molecule has 0 fully saturated rings. The molecule has 0 atom stereocenters. The Bertz CT molecular complexity index is 805. The molecule has 1 heterocycles. The highest BCUT2D eigenvalue weighted by molar-refractivity contribution is 6.31. The number of aromatic nitrogens is 1. The monoisotopic (exact) mass is 344 g/mol. The summed E-state index contributed by atoms with van der Waals surface area (Å²) in [5.41, 5.74) is 5.41. The predicted molar refractivity (Wildman–Crippen MR) is 89.7 cm³/mol. The Labute approximate surface area is 142 Å². The fourth-order valence-electron chi connectivity index (χ4n) is 1.71. The Kier molecular flexibility index (Phi) is 6.18. The van der Waals surface area contributed by atoms with Gasteiger partial charge in [-0.1, -0.05) is 23.7 Å². The minimum atomic E-state index is -0.664. The zero-order valence-electron chi connectivity index (χ0n) is 12.3. The SMILES string of the molecule is O=C(C=Cc1cccc(C(=O)NN=Cc2cccnc2Cl)c1)NO. The van der Waals surface area contributed by atoms with Crippen LogP contribution in [0.15, 0.2) is 53.8 Å². The quantitative estimate of drug-likeness (QED) is 0.254. The number of halogens is 1. The fraction of sp³-hybridized carbons (Fsp3) is 0. The highest BCUT2D eigenvalue weighted by atomic mass is 35.5. The minimum absolute atomic E-state index is 0.282. The third kappa shape index (κ3) is 5.01. The maximum absolute atomic E-state index is 12.0. The number of hydrogen-bond acceptors (Lipinski definition) is 5. The number of hydrogen-bond donors (Lipinski definition) is 3. The van der Waals surface area contributed by atoms with Crippen molar-refractivity contribution in [2.45, 2.75) is 0 Å². The third-order valence-electron chi connectivity index (χ3n) is 2.84. The summed E-state index contributed by atoms with van der Waals surface area (Å²) in [7, 11) is 0. The molecule has 0 aliphatic rings. The Morgan fingerprint density at radius 2 is 2.08 bits per heavy atom. The van der Waals surface area contributed by atoms with E-state index in [-0.39, 0.29) is 5.15 Å². The summed E-state index contributed by atoms with van der Waals surface area (Å²) in [5.74, 6) is -1.09. The summed E-state index contributed by atoms with van der Waals surface area (Å²) in [6.07, 6.45) is 5.54. The van der Waals surface area contributed by atoms with Crippen molar-refractivity contribution in [1.82, 2.24) is 15.9 Å². The molecular formula is C16H13ClN4O3. The van der Waals surface area contributed by atoms with E-state index >= 15 is 0 Å². The van der Waals surface area contributed by atoms with Crippen molar-refractivity contribution in [2.24, 2.45) is 5.10 Å². The van der Waals surface area contributed by atoms with Crippen LogP contribution in [0.1, 0.15) is 21.5 Å². The van der Waals surface area contributed by atoms with Crippen molar-refractivity contribution in [3.63, 3.8) is 0 Å². The number of rotatable bonds is 5. The van der Waals surface area contributed by atoms with Gasteiger partial charge in [-0.05, 0) is 35.9 Å². The average molecular weight is 345 g/mol. The number of carbonyl (C=O) groups is 2. The van der Waals surface area contributed by atoms with Crippen molar-refractivity contribution in [3.8, 4) is 0 Å². The van der Waals surface area contributed by atoms with Gasteiger partial charge >= 0.3 is 0 Å². The first kappa shape index (κ1) is 17.3. The average Bonchev–Trinajstić information content (AvgIpc) is 2.61. The van der Waals surface area contributed by atoms with Crippen molar-refractivity contribution >= 4 is 35.7 Å². The molecule has 0 aliphatic heterocycles. The van der Waals surface area contributed by atoms with Crippen molar-refractivity contribution in [1.29, 1.82) is 0 Å². The summed E-state index contributed by atoms with van der Waals surface area (Å²) in [6.45, 7) is 0. The Hall–Kier alpha value is -3.03. The van der Waals surface area contributed by atoms with E-state index in [1.54, 1.807) is 42.6 Å². The molecule has 2 rings (SSSR count). The second-order valence-electron chi connectivity index (χ2n) is 4.52. The molecule has 0 saturated heterocycles. The van der Waals surface area contributed by atoms with E-state index in [0.717, 1.165) is 6.08 Å². The first-order valence-electron chi connectivity index (χ1n) is 6.76. The van der Waals surface area contributed by atoms with Gasteiger partial charge < -0.3 is 0 Å². The van der Waals surface area contributed by atoms with E-state index in [0.29, 0.717) is 16.7 Å². The largest absolute Gasteiger partial charge is 0.288 e. The standard InChI is InChI=1S/C16H13ClN4O3/c17-15-13(5-2-8-18-15)10-19-20-16(23)12-4-1-3-11(9-12)6-7-14(22)21-24/h1-10,24H,(H,20,23)(H,21,22). The first-order valence-corrected chi connectivity index (χ1v) is 7.14. The summed E-state index contributed by atoms with van der Waals surface area (Å²) >= 11 is 5.88. The number of carbonyl (C=O) groups excluding carboxylic acids is 2. The van der Waals surface area contributed by atoms with Gasteiger partial charge in [0.15, 0.2) is 0 Å². The molecule has 0 saturated carbocycles. The van der Waals surface area contributed by atoms with E-state index in [9.17, 15) is 9.59 Å². The molecule has 0 radical (unpaired) electrons. The van der Waals surface area contributed by atoms with E-state index in [4.69, 9.17) is 16.8 Å². The second-order valence-corrected chi connectivity index (χ2v) is 4.88. The number of benzene rings is 1. The molecule has 2 aromatic rings. The molecule has 0 unspecified atom stereocenters. The first-order chi connectivity index (χ1) is 11.6. The smallest absolute Gasteiger partial charge is 0.271 e. The maximum Gasteiger partial charge on any atom is 0.271 e. The Morgan fingerprint density at radius 1 is 1.25 bits per heavy atom. The lowest BCUT2D eigenvalue weighted by molar-refractivity contribution is -0.124. The van der Waals surface area contributed by atoms with E-state index < -0.39 is 11.8 Å². The van der Waals surface area contributed by atoms with Crippen LogP contribution >= 0.6 is 11.6 Å². The number of pyridine rings is 1. The van der Waals surface area contributed by atoms with E-state index in [1.807, 2.05) is 0 Å². The lowest BCUT2D eigenvalue weighted by Crippen LogP contribution is -2.17. The molecule has 0 bridgehead atoms. The molecule has 3 N–H and O–H groups in total. The molecule has 0 spiro atoms. The van der Waals surface area contributed by atoms with Crippen molar-refractivity contribution in [3.05, 3.63) is 70.5 Å². The van der Waals surface area contributed by atoms with Crippen LogP contribution in [0, 0.1) is 0 Å². The van der Waals surface area contributed by atoms with Gasteiger partial charge in [0.1, 0.15) is 5.15 Å².